The fraction of sp³-hybridized carbons (Fsp3) is 0.684. The molecule has 1 fully saturated rings. The Morgan fingerprint density at radius 2 is 1.87 bits per heavy atom. The number of carbonyl (C=O) groups excluding carboxylic acids is 2. The van der Waals surface area contributed by atoms with Gasteiger partial charge >= 0.3 is 11.9 Å². The molecule has 0 saturated heterocycles. The maximum absolute atomic E-state index is 12.9. The van der Waals surface area contributed by atoms with E-state index in [0.29, 0.717) is 0 Å². The summed E-state index contributed by atoms with van der Waals surface area (Å²) in [6.45, 7) is 2.14. The highest BCUT2D eigenvalue weighted by Crippen LogP contribution is 2.49. The third kappa shape index (κ3) is 2.96. The van der Waals surface area contributed by atoms with Crippen molar-refractivity contribution in [2.45, 2.75) is 51.0 Å². The van der Waals surface area contributed by atoms with E-state index in [1.165, 1.54) is 7.11 Å². The molecule has 3 aliphatic rings. The van der Waals surface area contributed by atoms with E-state index in [1.807, 2.05) is 0 Å². The van der Waals surface area contributed by atoms with Gasteiger partial charge in [-0.1, -0.05) is 31.6 Å². The monoisotopic (exact) mass is 318 g/mol. The van der Waals surface area contributed by atoms with Crippen LogP contribution >= 0.6 is 0 Å². The van der Waals surface area contributed by atoms with Gasteiger partial charge in [-0.3, -0.25) is 9.59 Å². The highest BCUT2D eigenvalue weighted by Gasteiger charge is 2.54. The summed E-state index contributed by atoms with van der Waals surface area (Å²) in [6, 6.07) is 0. The van der Waals surface area contributed by atoms with Gasteiger partial charge in [0.2, 0.25) is 0 Å². The number of unbranched alkanes of at least 4 members (excludes halogenated alkanes) is 1. The minimum absolute atomic E-state index is 0.116. The molecule has 0 spiro atoms. The summed E-state index contributed by atoms with van der Waals surface area (Å²) in [6.07, 6.45) is 13.9. The van der Waals surface area contributed by atoms with E-state index < -0.39 is 5.60 Å². The Bertz CT molecular complexity index is 535. The van der Waals surface area contributed by atoms with E-state index in [4.69, 9.17) is 9.47 Å². The molecule has 4 heteroatoms. The Labute approximate surface area is 137 Å². The van der Waals surface area contributed by atoms with Gasteiger partial charge in [-0.05, 0) is 50.0 Å². The first-order valence-electron chi connectivity index (χ1n) is 8.77. The summed E-state index contributed by atoms with van der Waals surface area (Å²) in [5, 5.41) is 0. The van der Waals surface area contributed by atoms with E-state index in [2.05, 4.69) is 31.2 Å². The standard InChI is InChI=1S/C19H26O4/c1-3-4-9-19(10-5-6-11-19)23-18(21)16-14-8-7-13(12-14)15(16)17(20)22-2/h5,7-8,10,13-16H,3-4,6,9,11-12H2,1-2H3. The van der Waals surface area contributed by atoms with Crippen molar-refractivity contribution in [3.63, 3.8) is 0 Å². The topological polar surface area (TPSA) is 52.6 Å². The molecule has 0 heterocycles. The van der Waals surface area contributed by atoms with Gasteiger partial charge in [0.05, 0.1) is 18.9 Å². The van der Waals surface area contributed by atoms with Crippen LogP contribution in [0.4, 0.5) is 0 Å². The second-order valence-corrected chi connectivity index (χ2v) is 7.05. The smallest absolute Gasteiger partial charge is 0.311 e. The Balaban J connectivity index is 1.75. The van der Waals surface area contributed by atoms with Gasteiger partial charge in [-0.2, -0.15) is 0 Å². The molecular weight excluding hydrogens is 292 g/mol. The van der Waals surface area contributed by atoms with E-state index in [1.54, 1.807) is 0 Å². The van der Waals surface area contributed by atoms with Crippen molar-refractivity contribution < 1.29 is 19.1 Å². The van der Waals surface area contributed by atoms with Gasteiger partial charge in [-0.25, -0.2) is 0 Å². The number of hydrogen-bond donors (Lipinski definition) is 0. The highest BCUT2D eigenvalue weighted by atomic mass is 16.6. The minimum atomic E-state index is -0.459. The molecule has 0 amide bonds. The van der Waals surface area contributed by atoms with Crippen LogP contribution in [0.15, 0.2) is 24.3 Å². The molecule has 0 aliphatic heterocycles. The second-order valence-electron chi connectivity index (χ2n) is 7.05. The number of allylic oxidation sites excluding steroid dienone is 3. The molecular formula is C19H26O4. The Kier molecular flexibility index (Phi) is 4.60. The molecule has 0 aromatic rings. The van der Waals surface area contributed by atoms with Crippen LogP contribution in [0, 0.1) is 23.7 Å². The zero-order chi connectivity index (χ0) is 16.4. The minimum Gasteiger partial charge on any atom is -0.469 e. The van der Waals surface area contributed by atoms with Crippen molar-refractivity contribution in [2.24, 2.45) is 23.7 Å². The summed E-state index contributed by atoms with van der Waals surface area (Å²) in [7, 11) is 1.39. The number of hydrogen-bond acceptors (Lipinski definition) is 4. The van der Waals surface area contributed by atoms with Crippen molar-refractivity contribution in [1.82, 2.24) is 0 Å². The van der Waals surface area contributed by atoms with Crippen LogP contribution in [0.5, 0.6) is 0 Å². The first-order valence-corrected chi connectivity index (χ1v) is 8.77. The predicted molar refractivity (Wildman–Crippen MR) is 86.5 cm³/mol. The SMILES string of the molecule is CCCCC1(OC(=O)C2C3C=CC(C3)C2C(=O)OC)C=CCC1. The summed E-state index contributed by atoms with van der Waals surface area (Å²) in [5.41, 5.74) is -0.459. The van der Waals surface area contributed by atoms with Crippen LogP contribution in [-0.2, 0) is 19.1 Å². The number of methoxy groups -OCH3 is 1. The molecule has 2 bridgehead atoms. The third-order valence-corrected chi connectivity index (χ3v) is 5.62. The lowest BCUT2D eigenvalue weighted by atomic mass is 9.82. The number of fused-ring (bicyclic) bond motifs is 2. The van der Waals surface area contributed by atoms with Gasteiger partial charge in [-0.15, -0.1) is 0 Å². The summed E-state index contributed by atoms with van der Waals surface area (Å²) >= 11 is 0. The van der Waals surface area contributed by atoms with E-state index in [9.17, 15) is 9.59 Å². The zero-order valence-corrected chi connectivity index (χ0v) is 14.0. The quantitative estimate of drug-likeness (QED) is 0.556. The fourth-order valence-corrected chi connectivity index (χ4v) is 4.40. The van der Waals surface area contributed by atoms with Crippen molar-refractivity contribution in [3.05, 3.63) is 24.3 Å². The maximum atomic E-state index is 12.9. The number of carbonyl (C=O) groups is 2. The maximum Gasteiger partial charge on any atom is 0.311 e. The molecule has 5 unspecified atom stereocenters. The molecule has 3 aliphatic carbocycles. The molecule has 0 aromatic carbocycles. The summed E-state index contributed by atoms with van der Waals surface area (Å²) in [5.74, 6) is -1.03. The van der Waals surface area contributed by atoms with Crippen LogP contribution in [0.25, 0.3) is 0 Å². The van der Waals surface area contributed by atoms with Crippen molar-refractivity contribution >= 4 is 11.9 Å². The van der Waals surface area contributed by atoms with Crippen LogP contribution in [0.1, 0.15) is 45.4 Å². The number of ether oxygens (including phenoxy) is 2. The van der Waals surface area contributed by atoms with Crippen molar-refractivity contribution in [2.75, 3.05) is 7.11 Å². The first-order chi connectivity index (χ1) is 11.1. The number of rotatable bonds is 6. The van der Waals surface area contributed by atoms with Crippen molar-refractivity contribution in [1.29, 1.82) is 0 Å². The Morgan fingerprint density at radius 3 is 2.43 bits per heavy atom. The third-order valence-electron chi connectivity index (χ3n) is 5.62. The normalized spacial score (nSPS) is 37.3. The molecule has 0 aromatic heterocycles. The van der Waals surface area contributed by atoms with Gasteiger partial charge in [0.15, 0.2) is 0 Å². The lowest BCUT2D eigenvalue weighted by Gasteiger charge is -2.32. The fourth-order valence-electron chi connectivity index (χ4n) is 4.40. The highest BCUT2D eigenvalue weighted by molar-refractivity contribution is 5.84. The molecule has 1 saturated carbocycles. The van der Waals surface area contributed by atoms with Crippen LogP contribution < -0.4 is 0 Å². The molecule has 0 radical (unpaired) electrons. The van der Waals surface area contributed by atoms with E-state index in [-0.39, 0.29) is 35.6 Å². The van der Waals surface area contributed by atoms with Crippen LogP contribution in [0.3, 0.4) is 0 Å². The lowest BCUT2D eigenvalue weighted by Crippen LogP contribution is -2.40. The van der Waals surface area contributed by atoms with E-state index >= 15 is 0 Å². The van der Waals surface area contributed by atoms with Gasteiger partial charge < -0.3 is 9.47 Å². The molecule has 0 N–H and O–H groups in total. The van der Waals surface area contributed by atoms with Crippen LogP contribution in [0.2, 0.25) is 0 Å². The second kappa shape index (κ2) is 6.50. The average molecular weight is 318 g/mol. The van der Waals surface area contributed by atoms with Gasteiger partial charge in [0.25, 0.3) is 0 Å². The molecule has 5 atom stereocenters. The number of esters is 2. The first kappa shape index (κ1) is 16.3. The van der Waals surface area contributed by atoms with Crippen molar-refractivity contribution in [3.8, 4) is 0 Å². The summed E-state index contributed by atoms with van der Waals surface area (Å²) < 4.78 is 10.9. The molecule has 23 heavy (non-hydrogen) atoms. The molecule has 126 valence electrons. The van der Waals surface area contributed by atoms with E-state index in [0.717, 1.165) is 38.5 Å². The average Bonchev–Trinajstić information content (AvgIpc) is 3.27. The Hall–Kier alpha value is -1.58. The largest absolute Gasteiger partial charge is 0.469 e. The summed E-state index contributed by atoms with van der Waals surface area (Å²) in [4.78, 5) is 25.0. The lowest BCUT2D eigenvalue weighted by molar-refractivity contribution is -0.168. The zero-order valence-electron chi connectivity index (χ0n) is 14.0. The molecule has 4 nitrogen and oxygen atoms in total. The Morgan fingerprint density at radius 1 is 1.17 bits per heavy atom. The van der Waals surface area contributed by atoms with Gasteiger partial charge in [0.1, 0.15) is 5.60 Å². The van der Waals surface area contributed by atoms with Crippen LogP contribution in [-0.4, -0.2) is 24.6 Å². The van der Waals surface area contributed by atoms with Gasteiger partial charge in [0, 0.05) is 0 Å². The molecule has 3 rings (SSSR count). The predicted octanol–water partition coefficient (Wildman–Crippen LogP) is 3.42.